The summed E-state index contributed by atoms with van der Waals surface area (Å²) in [4.78, 5) is 3.32. The van der Waals surface area contributed by atoms with Gasteiger partial charge in [0, 0.05) is 11.3 Å². The van der Waals surface area contributed by atoms with Gasteiger partial charge in [0.1, 0.15) is 0 Å². The van der Waals surface area contributed by atoms with E-state index in [1.54, 1.807) is 0 Å². The van der Waals surface area contributed by atoms with Crippen LogP contribution in [0.3, 0.4) is 0 Å². The molecule has 1 aliphatic carbocycles. The van der Waals surface area contributed by atoms with Crippen molar-refractivity contribution in [3.05, 3.63) is 29.0 Å². The van der Waals surface area contributed by atoms with Crippen LogP contribution in [0, 0.1) is 4.77 Å². The molecule has 1 heterocycles. The van der Waals surface area contributed by atoms with Crippen molar-refractivity contribution in [2.75, 3.05) is 6.26 Å². The van der Waals surface area contributed by atoms with Gasteiger partial charge in [0.15, 0.2) is 4.77 Å². The van der Waals surface area contributed by atoms with Crippen LogP contribution < -0.4 is 0 Å². The van der Waals surface area contributed by atoms with E-state index in [2.05, 4.69) is 40.1 Å². The molecule has 0 amide bonds. The number of hydrogen-bond donors (Lipinski definition) is 1. The predicted octanol–water partition coefficient (Wildman–Crippen LogP) is 4.55. The molecule has 18 heavy (non-hydrogen) atoms. The fourth-order valence-corrected chi connectivity index (χ4v) is 4.08. The van der Waals surface area contributed by atoms with Crippen LogP contribution in [0.25, 0.3) is 11.0 Å². The van der Waals surface area contributed by atoms with E-state index in [-0.39, 0.29) is 0 Å². The van der Waals surface area contributed by atoms with Gasteiger partial charge in [-0.15, -0.1) is 0 Å². The minimum Gasteiger partial charge on any atom is -0.331 e. The van der Waals surface area contributed by atoms with Crippen LogP contribution in [0.15, 0.2) is 24.3 Å². The van der Waals surface area contributed by atoms with Crippen LogP contribution in [0.2, 0.25) is 0 Å². The Balaban J connectivity index is 1.95. The summed E-state index contributed by atoms with van der Waals surface area (Å²) >= 11 is 7.50. The minimum absolute atomic E-state index is 0.581. The second-order valence-electron chi connectivity index (χ2n) is 4.98. The first-order chi connectivity index (χ1) is 8.79. The summed E-state index contributed by atoms with van der Waals surface area (Å²) in [7, 11) is 0. The molecule has 3 rings (SSSR count). The van der Waals surface area contributed by atoms with Gasteiger partial charge < -0.3 is 9.55 Å². The Hall–Kier alpha value is -0.740. The standard InChI is InChI=1S/C14H18N2S2/c1-18-11-8-6-10(7-9-11)16-13-5-3-2-4-12(13)15-14(16)17/h2-5,10-11H,6-9H2,1H3,(H,15,17). The number of nitrogens with one attached hydrogen (secondary N) is 1. The number of rotatable bonds is 2. The first kappa shape index (κ1) is 12.3. The van der Waals surface area contributed by atoms with Crippen molar-refractivity contribution in [1.29, 1.82) is 0 Å². The van der Waals surface area contributed by atoms with Crippen molar-refractivity contribution in [2.45, 2.75) is 37.0 Å². The van der Waals surface area contributed by atoms with E-state index in [0.29, 0.717) is 6.04 Å². The molecule has 1 saturated carbocycles. The Morgan fingerprint density at radius 1 is 1.22 bits per heavy atom. The summed E-state index contributed by atoms with van der Waals surface area (Å²) in [5.74, 6) is 0. The number of H-pyrrole nitrogens is 1. The zero-order valence-corrected chi connectivity index (χ0v) is 12.2. The molecule has 4 heteroatoms. The number of imidazole rings is 1. The Labute approximate surface area is 117 Å². The maximum Gasteiger partial charge on any atom is 0.178 e. The van der Waals surface area contributed by atoms with Gasteiger partial charge in [-0.2, -0.15) is 11.8 Å². The number of hydrogen-bond acceptors (Lipinski definition) is 2. The number of fused-ring (bicyclic) bond motifs is 1. The van der Waals surface area contributed by atoms with E-state index in [0.717, 1.165) is 15.5 Å². The summed E-state index contributed by atoms with van der Waals surface area (Å²) < 4.78 is 3.21. The summed E-state index contributed by atoms with van der Waals surface area (Å²) in [5.41, 5.74) is 2.42. The molecule has 96 valence electrons. The number of thioether (sulfide) groups is 1. The van der Waals surface area contributed by atoms with E-state index < -0.39 is 0 Å². The number of aromatic amines is 1. The molecule has 2 nitrogen and oxygen atoms in total. The van der Waals surface area contributed by atoms with E-state index >= 15 is 0 Å². The van der Waals surface area contributed by atoms with Gasteiger partial charge in [-0.1, -0.05) is 12.1 Å². The number of aromatic nitrogens is 2. The van der Waals surface area contributed by atoms with Gasteiger partial charge in [0.2, 0.25) is 0 Å². The molecule has 0 radical (unpaired) electrons. The van der Waals surface area contributed by atoms with E-state index in [1.807, 2.05) is 11.8 Å². The number of nitrogens with zero attached hydrogens (tertiary/aromatic N) is 1. The van der Waals surface area contributed by atoms with Gasteiger partial charge >= 0.3 is 0 Å². The predicted molar refractivity (Wildman–Crippen MR) is 81.9 cm³/mol. The van der Waals surface area contributed by atoms with Crippen LogP contribution in [0.1, 0.15) is 31.7 Å². The molecule has 1 aromatic heterocycles. The number of para-hydroxylation sites is 2. The molecule has 0 aliphatic heterocycles. The highest BCUT2D eigenvalue weighted by molar-refractivity contribution is 7.99. The molecule has 1 N–H and O–H groups in total. The lowest BCUT2D eigenvalue weighted by Gasteiger charge is -2.28. The molecular formula is C14H18N2S2. The van der Waals surface area contributed by atoms with Gasteiger partial charge in [0.25, 0.3) is 0 Å². The third kappa shape index (κ3) is 2.12. The molecule has 0 unspecified atom stereocenters. The van der Waals surface area contributed by atoms with E-state index in [9.17, 15) is 0 Å². The monoisotopic (exact) mass is 278 g/mol. The fourth-order valence-electron chi connectivity index (χ4n) is 2.98. The summed E-state index contributed by atoms with van der Waals surface area (Å²) in [6.45, 7) is 0. The van der Waals surface area contributed by atoms with Gasteiger partial charge in [-0.05, 0) is 56.3 Å². The number of benzene rings is 1. The quantitative estimate of drug-likeness (QED) is 0.814. The summed E-state index contributed by atoms with van der Waals surface area (Å²) in [6.07, 6.45) is 7.35. The zero-order chi connectivity index (χ0) is 12.5. The first-order valence-corrected chi connectivity index (χ1v) is 8.21. The molecule has 0 saturated heterocycles. The second-order valence-corrected chi connectivity index (χ2v) is 6.51. The van der Waals surface area contributed by atoms with Crippen LogP contribution in [0.4, 0.5) is 0 Å². The maximum absolute atomic E-state index is 5.49. The lowest BCUT2D eigenvalue weighted by molar-refractivity contribution is 0.364. The molecule has 0 atom stereocenters. The van der Waals surface area contributed by atoms with Gasteiger partial charge in [-0.3, -0.25) is 0 Å². The Morgan fingerprint density at radius 2 is 1.94 bits per heavy atom. The first-order valence-electron chi connectivity index (χ1n) is 6.51. The lowest BCUT2D eigenvalue weighted by atomic mass is 9.94. The highest BCUT2D eigenvalue weighted by Crippen LogP contribution is 2.35. The minimum atomic E-state index is 0.581. The molecule has 0 spiro atoms. The van der Waals surface area contributed by atoms with Crippen molar-refractivity contribution in [3.63, 3.8) is 0 Å². The van der Waals surface area contributed by atoms with Gasteiger partial charge in [0.05, 0.1) is 11.0 Å². The smallest absolute Gasteiger partial charge is 0.178 e. The van der Waals surface area contributed by atoms with E-state index in [4.69, 9.17) is 12.2 Å². The zero-order valence-electron chi connectivity index (χ0n) is 10.6. The van der Waals surface area contributed by atoms with Crippen LogP contribution in [0.5, 0.6) is 0 Å². The largest absolute Gasteiger partial charge is 0.331 e. The Bertz CT molecular complexity index is 591. The lowest BCUT2D eigenvalue weighted by Crippen LogP contribution is -2.19. The molecule has 2 aromatic rings. The van der Waals surface area contributed by atoms with Crippen LogP contribution in [-0.4, -0.2) is 21.1 Å². The molecule has 1 aromatic carbocycles. The highest BCUT2D eigenvalue weighted by Gasteiger charge is 2.23. The normalized spacial score (nSPS) is 24.5. The molecule has 1 aliphatic rings. The van der Waals surface area contributed by atoms with Crippen LogP contribution >= 0.6 is 24.0 Å². The second kappa shape index (κ2) is 5.10. The summed E-state index contributed by atoms with van der Waals surface area (Å²) in [6, 6.07) is 9.01. The highest BCUT2D eigenvalue weighted by atomic mass is 32.2. The SMILES string of the molecule is CSC1CCC(n2c(=S)[nH]c3ccccc32)CC1. The molecular weight excluding hydrogens is 260 g/mol. The summed E-state index contributed by atoms with van der Waals surface area (Å²) in [5, 5.41) is 0.848. The topological polar surface area (TPSA) is 20.7 Å². The Morgan fingerprint density at radius 3 is 2.67 bits per heavy atom. The van der Waals surface area contributed by atoms with Crippen molar-refractivity contribution in [2.24, 2.45) is 0 Å². The van der Waals surface area contributed by atoms with Gasteiger partial charge in [-0.25, -0.2) is 0 Å². The molecule has 1 fully saturated rings. The van der Waals surface area contributed by atoms with E-state index in [1.165, 1.54) is 31.2 Å². The maximum atomic E-state index is 5.49. The third-order valence-electron chi connectivity index (χ3n) is 3.97. The molecule has 0 bridgehead atoms. The third-order valence-corrected chi connectivity index (χ3v) is 5.40. The Kier molecular flexibility index (Phi) is 3.48. The van der Waals surface area contributed by atoms with Crippen molar-refractivity contribution >= 4 is 35.0 Å². The van der Waals surface area contributed by atoms with Crippen molar-refractivity contribution in [1.82, 2.24) is 9.55 Å². The average molecular weight is 278 g/mol. The van der Waals surface area contributed by atoms with Crippen LogP contribution in [-0.2, 0) is 0 Å². The average Bonchev–Trinajstić information content (AvgIpc) is 2.75. The van der Waals surface area contributed by atoms with Crippen molar-refractivity contribution < 1.29 is 0 Å². The van der Waals surface area contributed by atoms with Crippen molar-refractivity contribution in [3.8, 4) is 0 Å². The fraction of sp³-hybridized carbons (Fsp3) is 0.500.